The van der Waals surface area contributed by atoms with Crippen molar-refractivity contribution in [2.24, 2.45) is 5.92 Å². The molecule has 1 aromatic heterocycles. The van der Waals surface area contributed by atoms with E-state index in [0.29, 0.717) is 6.61 Å². The van der Waals surface area contributed by atoms with Gasteiger partial charge in [-0.15, -0.1) is 0 Å². The summed E-state index contributed by atoms with van der Waals surface area (Å²) in [5.74, 6) is -0.0440. The zero-order chi connectivity index (χ0) is 10.8. The Kier molecular flexibility index (Phi) is 2.75. The third-order valence-corrected chi connectivity index (χ3v) is 2.96. The SMILES string of the molecule is CCOC(=O)C1CCc2n[nH]c(C)c2C1. The van der Waals surface area contributed by atoms with Crippen molar-refractivity contribution in [2.75, 3.05) is 6.61 Å². The van der Waals surface area contributed by atoms with E-state index >= 15 is 0 Å². The van der Waals surface area contributed by atoms with Gasteiger partial charge in [-0.1, -0.05) is 0 Å². The smallest absolute Gasteiger partial charge is 0.309 e. The van der Waals surface area contributed by atoms with Crippen molar-refractivity contribution in [1.29, 1.82) is 0 Å². The van der Waals surface area contributed by atoms with Crippen LogP contribution < -0.4 is 0 Å². The lowest BCUT2D eigenvalue weighted by Crippen LogP contribution is -2.24. The molecule has 0 spiro atoms. The first-order valence-corrected chi connectivity index (χ1v) is 5.41. The Labute approximate surface area is 89.0 Å². The predicted octanol–water partition coefficient (Wildman–Crippen LogP) is 1.39. The number of esters is 1. The van der Waals surface area contributed by atoms with Crippen LogP contribution in [0.4, 0.5) is 0 Å². The Bertz CT molecular complexity index is 371. The molecule has 0 saturated heterocycles. The highest BCUT2D eigenvalue weighted by Gasteiger charge is 2.28. The normalized spacial score (nSPS) is 19.7. The molecule has 4 heteroatoms. The summed E-state index contributed by atoms with van der Waals surface area (Å²) in [6.07, 6.45) is 2.51. The minimum absolute atomic E-state index is 0.0220. The van der Waals surface area contributed by atoms with Gasteiger partial charge in [0, 0.05) is 5.69 Å². The molecule has 1 N–H and O–H groups in total. The van der Waals surface area contributed by atoms with Crippen LogP contribution in [0.2, 0.25) is 0 Å². The Balaban J connectivity index is 2.11. The molecule has 1 unspecified atom stereocenters. The number of aromatic nitrogens is 2. The number of H-pyrrole nitrogens is 1. The van der Waals surface area contributed by atoms with Crippen molar-refractivity contribution in [3.05, 3.63) is 17.0 Å². The second kappa shape index (κ2) is 4.04. The van der Waals surface area contributed by atoms with Crippen LogP contribution in [0.25, 0.3) is 0 Å². The van der Waals surface area contributed by atoms with Crippen LogP contribution in [-0.2, 0) is 22.4 Å². The van der Waals surface area contributed by atoms with Gasteiger partial charge in [-0.3, -0.25) is 9.89 Å². The number of carbonyl (C=O) groups excluding carboxylic acids is 1. The van der Waals surface area contributed by atoms with Gasteiger partial charge in [0.05, 0.1) is 18.2 Å². The summed E-state index contributed by atoms with van der Waals surface area (Å²) in [5.41, 5.74) is 3.41. The number of hydrogen-bond donors (Lipinski definition) is 1. The molecule has 0 fully saturated rings. The Morgan fingerprint density at radius 3 is 3.20 bits per heavy atom. The van der Waals surface area contributed by atoms with Gasteiger partial charge >= 0.3 is 5.97 Å². The molecule has 1 atom stereocenters. The fraction of sp³-hybridized carbons (Fsp3) is 0.636. The molecule has 4 nitrogen and oxygen atoms in total. The topological polar surface area (TPSA) is 55.0 Å². The molecule has 0 bridgehead atoms. The summed E-state index contributed by atoms with van der Waals surface area (Å²) in [5, 5.41) is 7.19. The number of fused-ring (bicyclic) bond motifs is 1. The molecule has 0 aliphatic heterocycles. The fourth-order valence-corrected chi connectivity index (χ4v) is 2.10. The van der Waals surface area contributed by atoms with E-state index in [1.165, 1.54) is 5.56 Å². The van der Waals surface area contributed by atoms with E-state index in [1.54, 1.807) is 0 Å². The van der Waals surface area contributed by atoms with Gasteiger partial charge in [0.15, 0.2) is 0 Å². The van der Waals surface area contributed by atoms with Crippen LogP contribution in [0.1, 0.15) is 30.3 Å². The van der Waals surface area contributed by atoms with Crippen LogP contribution in [0.5, 0.6) is 0 Å². The highest BCUT2D eigenvalue weighted by molar-refractivity contribution is 5.73. The second-order valence-electron chi connectivity index (χ2n) is 3.97. The summed E-state index contributed by atoms with van der Waals surface area (Å²) >= 11 is 0. The van der Waals surface area contributed by atoms with Gasteiger partial charge < -0.3 is 4.74 Å². The third-order valence-electron chi connectivity index (χ3n) is 2.96. The Hall–Kier alpha value is -1.32. The zero-order valence-electron chi connectivity index (χ0n) is 9.17. The molecule has 82 valence electrons. The van der Waals surface area contributed by atoms with E-state index in [4.69, 9.17) is 4.74 Å². The zero-order valence-corrected chi connectivity index (χ0v) is 9.17. The van der Waals surface area contributed by atoms with E-state index in [9.17, 15) is 4.79 Å². The Morgan fingerprint density at radius 2 is 2.47 bits per heavy atom. The maximum Gasteiger partial charge on any atom is 0.309 e. The largest absolute Gasteiger partial charge is 0.466 e. The minimum Gasteiger partial charge on any atom is -0.466 e. The van der Waals surface area contributed by atoms with E-state index in [2.05, 4.69) is 10.2 Å². The summed E-state index contributed by atoms with van der Waals surface area (Å²) in [7, 11) is 0. The van der Waals surface area contributed by atoms with Crippen LogP contribution in [0, 0.1) is 12.8 Å². The molecule has 1 aliphatic rings. The lowest BCUT2D eigenvalue weighted by molar-refractivity contribution is -0.148. The van der Waals surface area contributed by atoms with E-state index in [1.807, 2.05) is 13.8 Å². The van der Waals surface area contributed by atoms with Gasteiger partial charge in [0.25, 0.3) is 0 Å². The first kappa shape index (κ1) is 10.2. The quantitative estimate of drug-likeness (QED) is 0.747. The fourth-order valence-electron chi connectivity index (χ4n) is 2.10. The number of nitrogens with zero attached hydrogens (tertiary/aromatic N) is 1. The average molecular weight is 208 g/mol. The van der Waals surface area contributed by atoms with Crippen molar-refractivity contribution in [3.63, 3.8) is 0 Å². The molecule has 1 heterocycles. The number of carbonyl (C=O) groups is 1. The molecule has 0 aromatic carbocycles. The van der Waals surface area contributed by atoms with Gasteiger partial charge in [0.1, 0.15) is 0 Å². The molecule has 0 amide bonds. The van der Waals surface area contributed by atoms with E-state index in [0.717, 1.165) is 30.7 Å². The first-order chi connectivity index (χ1) is 7.22. The standard InChI is InChI=1S/C11H16N2O2/c1-3-15-11(14)8-4-5-10-9(6-8)7(2)12-13-10/h8H,3-6H2,1-2H3,(H,12,13). The number of aryl methyl sites for hydroxylation is 2. The number of ether oxygens (including phenoxy) is 1. The van der Waals surface area contributed by atoms with Crippen molar-refractivity contribution < 1.29 is 9.53 Å². The van der Waals surface area contributed by atoms with Gasteiger partial charge in [0.2, 0.25) is 0 Å². The molecular formula is C11H16N2O2. The van der Waals surface area contributed by atoms with E-state index in [-0.39, 0.29) is 11.9 Å². The van der Waals surface area contributed by atoms with Crippen molar-refractivity contribution in [2.45, 2.75) is 33.1 Å². The maximum absolute atomic E-state index is 11.6. The average Bonchev–Trinajstić information content (AvgIpc) is 2.60. The third kappa shape index (κ3) is 1.89. The minimum atomic E-state index is -0.0660. The number of rotatable bonds is 2. The first-order valence-electron chi connectivity index (χ1n) is 5.41. The van der Waals surface area contributed by atoms with Crippen molar-refractivity contribution >= 4 is 5.97 Å². The van der Waals surface area contributed by atoms with Crippen LogP contribution in [-0.4, -0.2) is 22.8 Å². The van der Waals surface area contributed by atoms with Crippen LogP contribution in [0.3, 0.4) is 0 Å². The molecule has 15 heavy (non-hydrogen) atoms. The van der Waals surface area contributed by atoms with Crippen molar-refractivity contribution in [3.8, 4) is 0 Å². The molecule has 2 rings (SSSR count). The molecular weight excluding hydrogens is 192 g/mol. The summed E-state index contributed by atoms with van der Waals surface area (Å²) in [6.45, 7) is 4.31. The van der Waals surface area contributed by atoms with E-state index < -0.39 is 0 Å². The maximum atomic E-state index is 11.6. The molecule has 1 aliphatic carbocycles. The highest BCUT2D eigenvalue weighted by Crippen LogP contribution is 2.26. The van der Waals surface area contributed by atoms with Gasteiger partial charge in [-0.05, 0) is 38.7 Å². The molecule has 0 saturated carbocycles. The van der Waals surface area contributed by atoms with Crippen LogP contribution in [0.15, 0.2) is 0 Å². The molecule has 1 aromatic rings. The number of hydrogen-bond acceptors (Lipinski definition) is 3. The predicted molar refractivity (Wildman–Crippen MR) is 55.5 cm³/mol. The number of aromatic amines is 1. The Morgan fingerprint density at radius 1 is 1.67 bits per heavy atom. The second-order valence-corrected chi connectivity index (χ2v) is 3.97. The highest BCUT2D eigenvalue weighted by atomic mass is 16.5. The molecule has 0 radical (unpaired) electrons. The van der Waals surface area contributed by atoms with Gasteiger partial charge in [-0.2, -0.15) is 5.10 Å². The monoisotopic (exact) mass is 208 g/mol. The summed E-state index contributed by atoms with van der Waals surface area (Å²) < 4.78 is 5.04. The van der Waals surface area contributed by atoms with Crippen LogP contribution >= 0.6 is 0 Å². The van der Waals surface area contributed by atoms with Crippen molar-refractivity contribution in [1.82, 2.24) is 10.2 Å². The number of nitrogens with one attached hydrogen (secondary N) is 1. The summed E-state index contributed by atoms with van der Waals surface area (Å²) in [6, 6.07) is 0. The van der Waals surface area contributed by atoms with Gasteiger partial charge in [-0.25, -0.2) is 0 Å². The summed E-state index contributed by atoms with van der Waals surface area (Å²) in [4.78, 5) is 11.6. The lowest BCUT2D eigenvalue weighted by Gasteiger charge is -2.19. The lowest BCUT2D eigenvalue weighted by atomic mass is 9.86.